The Bertz CT molecular complexity index is 741. The number of pyridine rings is 1. The van der Waals surface area contributed by atoms with Crippen LogP contribution >= 0.6 is 0 Å². The third kappa shape index (κ3) is 3.42. The van der Waals surface area contributed by atoms with Crippen molar-refractivity contribution in [3.63, 3.8) is 0 Å². The van der Waals surface area contributed by atoms with Crippen molar-refractivity contribution in [1.29, 1.82) is 0 Å². The maximum absolute atomic E-state index is 11.8. The van der Waals surface area contributed by atoms with Crippen molar-refractivity contribution in [2.75, 3.05) is 0 Å². The van der Waals surface area contributed by atoms with Crippen LogP contribution in [0.25, 0.3) is 0 Å². The molecule has 1 aromatic heterocycles. The number of hydrazone groups is 1. The number of hydrogen-bond donors (Lipinski definition) is 2. The van der Waals surface area contributed by atoms with E-state index in [0.29, 0.717) is 5.56 Å². The van der Waals surface area contributed by atoms with Gasteiger partial charge in [-0.05, 0) is 25.1 Å². The van der Waals surface area contributed by atoms with Gasteiger partial charge in [0.1, 0.15) is 0 Å². The molecule has 112 valence electrons. The Morgan fingerprint density at radius 2 is 2.18 bits per heavy atom. The Morgan fingerprint density at radius 3 is 2.82 bits per heavy atom. The number of nitrogens with zero attached hydrogens (tertiary/aromatic N) is 3. The minimum Gasteiger partial charge on any atom is -0.502 e. The number of para-hydroxylation sites is 1. The van der Waals surface area contributed by atoms with Crippen LogP contribution in [0.1, 0.15) is 21.6 Å². The van der Waals surface area contributed by atoms with Gasteiger partial charge >= 0.3 is 5.69 Å². The quantitative estimate of drug-likeness (QED) is 0.507. The molecule has 2 aromatic rings. The average Bonchev–Trinajstić information content (AvgIpc) is 2.49. The molecule has 2 rings (SSSR count). The molecule has 1 amide bonds. The van der Waals surface area contributed by atoms with E-state index in [0.717, 1.165) is 11.9 Å². The van der Waals surface area contributed by atoms with Crippen LogP contribution in [0, 0.1) is 17.0 Å². The van der Waals surface area contributed by atoms with Crippen LogP contribution in [0.3, 0.4) is 0 Å². The van der Waals surface area contributed by atoms with Crippen LogP contribution in [-0.4, -0.2) is 27.1 Å². The smallest absolute Gasteiger partial charge is 0.311 e. The lowest BCUT2D eigenvalue weighted by Crippen LogP contribution is -2.17. The van der Waals surface area contributed by atoms with Gasteiger partial charge in [-0.2, -0.15) is 5.10 Å². The number of nitrogens with one attached hydrogen (secondary N) is 1. The highest BCUT2D eigenvalue weighted by molar-refractivity contribution is 5.95. The number of aryl methyl sites for hydroxylation is 1. The molecule has 0 bridgehead atoms. The van der Waals surface area contributed by atoms with Crippen molar-refractivity contribution in [1.82, 2.24) is 10.4 Å². The fraction of sp³-hybridized carbons (Fsp3) is 0.0714. The minimum absolute atomic E-state index is 0.122. The van der Waals surface area contributed by atoms with Gasteiger partial charge in [-0.3, -0.25) is 19.9 Å². The molecule has 1 heterocycles. The topological polar surface area (TPSA) is 118 Å². The molecule has 8 heteroatoms. The van der Waals surface area contributed by atoms with Crippen LogP contribution in [0.4, 0.5) is 5.69 Å². The van der Waals surface area contributed by atoms with E-state index >= 15 is 0 Å². The molecule has 0 fully saturated rings. The molecular weight excluding hydrogens is 288 g/mol. The van der Waals surface area contributed by atoms with Crippen molar-refractivity contribution in [3.8, 4) is 5.75 Å². The minimum atomic E-state index is -0.705. The first-order chi connectivity index (χ1) is 10.5. The lowest BCUT2D eigenvalue weighted by atomic mass is 10.2. The van der Waals surface area contributed by atoms with Gasteiger partial charge in [0.25, 0.3) is 5.91 Å². The summed E-state index contributed by atoms with van der Waals surface area (Å²) >= 11 is 0. The highest BCUT2D eigenvalue weighted by atomic mass is 16.6. The van der Waals surface area contributed by atoms with Gasteiger partial charge in [-0.15, -0.1) is 0 Å². The number of amides is 1. The van der Waals surface area contributed by atoms with Crippen molar-refractivity contribution in [3.05, 3.63) is 63.5 Å². The molecule has 22 heavy (non-hydrogen) atoms. The molecule has 8 nitrogen and oxygen atoms in total. The van der Waals surface area contributed by atoms with Crippen LogP contribution in [0.15, 0.2) is 41.6 Å². The molecule has 0 unspecified atom stereocenters. The number of nitro groups is 1. The van der Waals surface area contributed by atoms with Gasteiger partial charge < -0.3 is 5.11 Å². The second-order valence-electron chi connectivity index (χ2n) is 4.36. The van der Waals surface area contributed by atoms with Crippen LogP contribution < -0.4 is 5.43 Å². The monoisotopic (exact) mass is 300 g/mol. The summed E-state index contributed by atoms with van der Waals surface area (Å²) < 4.78 is 0. The summed E-state index contributed by atoms with van der Waals surface area (Å²) in [5, 5.41) is 24.1. The summed E-state index contributed by atoms with van der Waals surface area (Å²) in [5.41, 5.74) is 3.05. The second-order valence-corrected chi connectivity index (χ2v) is 4.36. The molecule has 2 N–H and O–H groups in total. The Balaban J connectivity index is 2.10. The van der Waals surface area contributed by atoms with E-state index in [4.69, 9.17) is 0 Å². The number of phenols is 1. The van der Waals surface area contributed by atoms with E-state index in [-0.39, 0.29) is 5.56 Å². The van der Waals surface area contributed by atoms with E-state index in [1.807, 2.05) is 0 Å². The molecule has 0 saturated heterocycles. The zero-order valence-corrected chi connectivity index (χ0v) is 11.6. The van der Waals surface area contributed by atoms with E-state index in [1.165, 1.54) is 24.4 Å². The van der Waals surface area contributed by atoms with E-state index in [9.17, 15) is 20.0 Å². The summed E-state index contributed by atoms with van der Waals surface area (Å²) in [7, 11) is 0. The predicted molar refractivity (Wildman–Crippen MR) is 78.8 cm³/mol. The second kappa shape index (κ2) is 6.44. The summed E-state index contributed by atoms with van der Waals surface area (Å²) in [6, 6.07) is 7.29. The predicted octanol–water partition coefficient (Wildman–Crippen LogP) is 1.77. The maximum Gasteiger partial charge on any atom is 0.311 e. The Kier molecular flexibility index (Phi) is 4.42. The van der Waals surface area contributed by atoms with E-state index < -0.39 is 22.3 Å². The number of nitro benzene ring substituents is 1. The first kappa shape index (κ1) is 15.1. The number of aromatic hydroxyl groups is 1. The van der Waals surface area contributed by atoms with Crippen LogP contribution in [0.2, 0.25) is 0 Å². The van der Waals surface area contributed by atoms with Gasteiger partial charge in [0.05, 0.1) is 16.7 Å². The number of carbonyl (C=O) groups excluding carboxylic acids is 1. The van der Waals surface area contributed by atoms with Crippen LogP contribution in [0.5, 0.6) is 5.75 Å². The Labute approximate surface area is 125 Å². The Morgan fingerprint density at radius 1 is 1.41 bits per heavy atom. The molecule has 1 aromatic carbocycles. The van der Waals surface area contributed by atoms with Gasteiger partial charge in [0.15, 0.2) is 0 Å². The standard InChI is InChI=1S/C14H12N4O4/c1-9-5-6-11(7-15-9)14(20)17-16-8-10-3-2-4-12(13(10)19)18(21)22/h2-8,19H,1H3,(H,17,20)/b16-8+. The zero-order chi connectivity index (χ0) is 16.1. The molecule has 0 radical (unpaired) electrons. The van der Waals surface area contributed by atoms with Crippen LogP contribution in [-0.2, 0) is 0 Å². The first-order valence-electron chi connectivity index (χ1n) is 6.21. The summed E-state index contributed by atoms with van der Waals surface area (Å²) in [5.74, 6) is -0.990. The number of rotatable bonds is 4. The highest BCUT2D eigenvalue weighted by Crippen LogP contribution is 2.27. The molecule has 0 spiro atoms. The van der Waals surface area contributed by atoms with E-state index in [2.05, 4.69) is 15.5 Å². The number of hydrogen-bond acceptors (Lipinski definition) is 6. The fourth-order valence-corrected chi connectivity index (χ4v) is 1.63. The van der Waals surface area contributed by atoms with E-state index in [1.54, 1.807) is 19.1 Å². The lowest BCUT2D eigenvalue weighted by Gasteiger charge is -2.01. The average molecular weight is 300 g/mol. The third-order valence-corrected chi connectivity index (χ3v) is 2.79. The van der Waals surface area contributed by atoms with Crippen molar-refractivity contribution < 1.29 is 14.8 Å². The first-order valence-corrected chi connectivity index (χ1v) is 6.21. The summed E-state index contributed by atoms with van der Waals surface area (Å²) in [6.07, 6.45) is 2.53. The summed E-state index contributed by atoms with van der Waals surface area (Å²) in [6.45, 7) is 1.80. The largest absolute Gasteiger partial charge is 0.502 e. The highest BCUT2D eigenvalue weighted by Gasteiger charge is 2.15. The number of aromatic nitrogens is 1. The zero-order valence-electron chi connectivity index (χ0n) is 11.6. The van der Waals surface area contributed by atoms with Gasteiger partial charge in [-0.25, -0.2) is 5.43 Å². The van der Waals surface area contributed by atoms with Crippen molar-refractivity contribution in [2.24, 2.45) is 5.10 Å². The Hall–Kier alpha value is -3.29. The number of phenolic OH excluding ortho intramolecular Hbond substituents is 1. The molecule has 0 atom stereocenters. The van der Waals surface area contributed by atoms with Gasteiger partial charge in [0, 0.05) is 23.5 Å². The molecule has 0 aliphatic rings. The lowest BCUT2D eigenvalue weighted by molar-refractivity contribution is -0.385. The van der Waals surface area contributed by atoms with Crippen molar-refractivity contribution in [2.45, 2.75) is 6.92 Å². The number of benzene rings is 1. The molecule has 0 aliphatic heterocycles. The normalized spacial score (nSPS) is 10.6. The molecule has 0 aliphatic carbocycles. The molecular formula is C14H12N4O4. The van der Waals surface area contributed by atoms with Crippen molar-refractivity contribution >= 4 is 17.8 Å². The van der Waals surface area contributed by atoms with Gasteiger partial charge in [-0.1, -0.05) is 6.07 Å². The molecule has 0 saturated carbocycles. The SMILES string of the molecule is Cc1ccc(C(=O)N/N=C/c2cccc([N+](=O)[O-])c2O)cn1. The summed E-state index contributed by atoms with van der Waals surface area (Å²) in [4.78, 5) is 25.7. The fourth-order valence-electron chi connectivity index (χ4n) is 1.63. The number of carbonyl (C=O) groups is 1. The third-order valence-electron chi connectivity index (χ3n) is 2.79. The maximum atomic E-state index is 11.8. The van der Waals surface area contributed by atoms with Gasteiger partial charge in [0.2, 0.25) is 5.75 Å².